The van der Waals surface area contributed by atoms with Gasteiger partial charge in [0.15, 0.2) is 12.1 Å². The molecule has 0 saturated heterocycles. The number of imidazole rings is 1. The third kappa shape index (κ3) is 0.797. The summed E-state index contributed by atoms with van der Waals surface area (Å²) in [4.78, 5) is 18.1. The largest absolute Gasteiger partial charge is 0.294 e. The lowest BCUT2D eigenvalue weighted by atomic mass is 10.6. The molecule has 0 spiro atoms. The second kappa shape index (κ2) is 2.16. The Labute approximate surface area is 62.5 Å². The molecule has 0 N–H and O–H groups in total. The fraction of sp³-hybridized carbons (Fsp3) is 0. The van der Waals surface area contributed by atoms with Crippen LogP contribution in [0.25, 0.3) is 5.52 Å². The molecule has 0 bridgehead atoms. The molecule has 54 valence electrons. The Morgan fingerprint density at radius 1 is 1.45 bits per heavy atom. The first-order valence-corrected chi connectivity index (χ1v) is 3.14. The number of nitrogens with zero attached hydrogens (tertiary/aromatic N) is 3. The third-order valence-electron chi connectivity index (χ3n) is 1.47. The summed E-state index contributed by atoms with van der Waals surface area (Å²) < 4.78 is 1.68. The number of carbonyl (C=O) groups is 1. The highest BCUT2D eigenvalue weighted by Crippen LogP contribution is 2.01. The normalized spacial score (nSPS) is 10.2. The molecule has 0 aromatic carbocycles. The van der Waals surface area contributed by atoms with Gasteiger partial charge in [-0.3, -0.25) is 14.2 Å². The lowest BCUT2D eigenvalue weighted by molar-refractivity contribution is 0.111. The minimum absolute atomic E-state index is 0.405. The van der Waals surface area contributed by atoms with Crippen molar-refractivity contribution in [2.24, 2.45) is 0 Å². The molecular formula is C7H5N3O. The van der Waals surface area contributed by atoms with Gasteiger partial charge in [-0.05, 0) is 0 Å². The van der Waals surface area contributed by atoms with Crippen molar-refractivity contribution < 1.29 is 4.79 Å². The van der Waals surface area contributed by atoms with Crippen LogP contribution in [0, 0.1) is 0 Å². The summed E-state index contributed by atoms with van der Waals surface area (Å²) in [6.07, 6.45) is 7.29. The quantitative estimate of drug-likeness (QED) is 0.553. The first kappa shape index (κ1) is 6.03. The summed E-state index contributed by atoms with van der Waals surface area (Å²) in [5.74, 6) is 0.405. The fourth-order valence-corrected chi connectivity index (χ4v) is 0.959. The smallest absolute Gasteiger partial charge is 0.185 e. The van der Waals surface area contributed by atoms with Crippen molar-refractivity contribution in [1.29, 1.82) is 0 Å². The van der Waals surface area contributed by atoms with Gasteiger partial charge in [0.25, 0.3) is 0 Å². The number of hydrogen-bond acceptors (Lipinski definition) is 3. The van der Waals surface area contributed by atoms with E-state index in [0.29, 0.717) is 12.1 Å². The molecule has 0 aliphatic heterocycles. The average molecular weight is 147 g/mol. The Balaban J connectivity index is 2.86. The first-order chi connectivity index (χ1) is 5.42. The number of hydrogen-bond donors (Lipinski definition) is 0. The van der Waals surface area contributed by atoms with Crippen LogP contribution in [0.1, 0.15) is 10.6 Å². The van der Waals surface area contributed by atoms with Gasteiger partial charge in [0, 0.05) is 12.4 Å². The van der Waals surface area contributed by atoms with Gasteiger partial charge < -0.3 is 0 Å². The number of carbonyl (C=O) groups excluding carboxylic acids is 1. The van der Waals surface area contributed by atoms with Crippen molar-refractivity contribution in [1.82, 2.24) is 14.4 Å². The first-order valence-electron chi connectivity index (χ1n) is 3.14. The average Bonchev–Trinajstić information content (AvgIpc) is 2.47. The van der Waals surface area contributed by atoms with Crippen LogP contribution in [0.4, 0.5) is 0 Å². The molecule has 0 aliphatic carbocycles. The lowest BCUT2D eigenvalue weighted by Gasteiger charge is -1.90. The standard InChI is InChI=1S/C7H5N3O/c11-5-7-9-4-6-3-8-1-2-10(6)7/h1-5H. The lowest BCUT2D eigenvalue weighted by Crippen LogP contribution is -1.91. The van der Waals surface area contributed by atoms with Gasteiger partial charge >= 0.3 is 0 Å². The zero-order chi connectivity index (χ0) is 7.68. The van der Waals surface area contributed by atoms with Crippen LogP contribution in [-0.2, 0) is 0 Å². The minimum atomic E-state index is 0.405. The van der Waals surface area contributed by atoms with E-state index in [1.54, 1.807) is 29.2 Å². The van der Waals surface area contributed by atoms with Crippen LogP contribution < -0.4 is 0 Å². The van der Waals surface area contributed by atoms with Gasteiger partial charge in [0.05, 0.1) is 17.9 Å². The molecule has 4 heteroatoms. The number of fused-ring (bicyclic) bond motifs is 1. The van der Waals surface area contributed by atoms with Crippen LogP contribution in [-0.4, -0.2) is 20.7 Å². The molecule has 0 aliphatic rings. The minimum Gasteiger partial charge on any atom is -0.294 e. The zero-order valence-electron chi connectivity index (χ0n) is 5.64. The maximum absolute atomic E-state index is 10.4. The van der Waals surface area contributed by atoms with E-state index in [1.807, 2.05) is 0 Å². The van der Waals surface area contributed by atoms with Crippen molar-refractivity contribution in [3.63, 3.8) is 0 Å². The Kier molecular flexibility index (Phi) is 1.18. The second-order valence-corrected chi connectivity index (χ2v) is 2.11. The molecule has 2 aromatic heterocycles. The van der Waals surface area contributed by atoms with E-state index in [1.165, 1.54) is 0 Å². The van der Waals surface area contributed by atoms with Crippen LogP contribution in [0.5, 0.6) is 0 Å². The summed E-state index contributed by atoms with van der Waals surface area (Å²) in [5, 5.41) is 0. The van der Waals surface area contributed by atoms with E-state index < -0.39 is 0 Å². The third-order valence-corrected chi connectivity index (χ3v) is 1.47. The summed E-state index contributed by atoms with van der Waals surface area (Å²) in [5.41, 5.74) is 0.828. The van der Waals surface area contributed by atoms with E-state index in [9.17, 15) is 4.79 Å². The fourth-order valence-electron chi connectivity index (χ4n) is 0.959. The zero-order valence-corrected chi connectivity index (χ0v) is 5.64. The van der Waals surface area contributed by atoms with Crippen LogP contribution >= 0.6 is 0 Å². The van der Waals surface area contributed by atoms with Crippen molar-refractivity contribution in [3.8, 4) is 0 Å². The topological polar surface area (TPSA) is 47.3 Å². The number of aldehydes is 1. The summed E-state index contributed by atoms with van der Waals surface area (Å²) >= 11 is 0. The van der Waals surface area contributed by atoms with Gasteiger partial charge in [-0.15, -0.1) is 0 Å². The Hall–Kier alpha value is -1.71. The summed E-state index contributed by atoms with van der Waals surface area (Å²) in [6, 6.07) is 0. The molecule has 2 heterocycles. The van der Waals surface area contributed by atoms with Gasteiger partial charge in [-0.1, -0.05) is 0 Å². The van der Waals surface area contributed by atoms with Crippen LogP contribution in [0.3, 0.4) is 0 Å². The highest BCUT2D eigenvalue weighted by atomic mass is 16.1. The van der Waals surface area contributed by atoms with Crippen LogP contribution in [0.15, 0.2) is 24.8 Å². The molecule has 4 nitrogen and oxygen atoms in total. The molecule has 0 amide bonds. The van der Waals surface area contributed by atoms with Gasteiger partial charge in [-0.25, -0.2) is 4.98 Å². The van der Waals surface area contributed by atoms with Crippen molar-refractivity contribution in [2.75, 3.05) is 0 Å². The van der Waals surface area contributed by atoms with E-state index >= 15 is 0 Å². The number of aromatic nitrogens is 3. The second-order valence-electron chi connectivity index (χ2n) is 2.11. The summed E-state index contributed by atoms with van der Waals surface area (Å²) in [7, 11) is 0. The van der Waals surface area contributed by atoms with Gasteiger partial charge in [0.1, 0.15) is 0 Å². The maximum atomic E-state index is 10.4. The van der Waals surface area contributed by atoms with E-state index in [4.69, 9.17) is 0 Å². The van der Waals surface area contributed by atoms with Crippen molar-refractivity contribution >= 4 is 11.8 Å². The molecule has 0 saturated carbocycles. The predicted molar refractivity (Wildman–Crippen MR) is 38.4 cm³/mol. The molecule has 0 fully saturated rings. The maximum Gasteiger partial charge on any atom is 0.185 e. The molecule has 2 rings (SSSR count). The monoisotopic (exact) mass is 147 g/mol. The predicted octanol–water partition coefficient (Wildman–Crippen LogP) is 0.542. The van der Waals surface area contributed by atoms with Crippen molar-refractivity contribution in [2.45, 2.75) is 0 Å². The van der Waals surface area contributed by atoms with E-state index in [-0.39, 0.29) is 0 Å². The van der Waals surface area contributed by atoms with Gasteiger partial charge in [0.2, 0.25) is 0 Å². The molecule has 0 atom stereocenters. The molecule has 2 aromatic rings. The highest BCUT2D eigenvalue weighted by molar-refractivity contribution is 5.71. The molecule has 0 unspecified atom stereocenters. The van der Waals surface area contributed by atoms with E-state index in [2.05, 4.69) is 9.97 Å². The summed E-state index contributed by atoms with van der Waals surface area (Å²) in [6.45, 7) is 0. The SMILES string of the molecule is O=Cc1ncc2cnccn12. The van der Waals surface area contributed by atoms with E-state index in [0.717, 1.165) is 5.52 Å². The Morgan fingerprint density at radius 2 is 2.36 bits per heavy atom. The number of rotatable bonds is 1. The Bertz CT molecular complexity index is 393. The molecule has 11 heavy (non-hydrogen) atoms. The Morgan fingerprint density at radius 3 is 3.18 bits per heavy atom. The van der Waals surface area contributed by atoms with Crippen molar-refractivity contribution in [3.05, 3.63) is 30.6 Å². The van der Waals surface area contributed by atoms with Gasteiger partial charge in [-0.2, -0.15) is 0 Å². The highest BCUT2D eigenvalue weighted by Gasteiger charge is 1.98. The van der Waals surface area contributed by atoms with Crippen LogP contribution in [0.2, 0.25) is 0 Å². The molecule has 0 radical (unpaired) electrons. The molecular weight excluding hydrogens is 142 g/mol.